The molecule has 98 valence electrons. The van der Waals surface area contributed by atoms with Gasteiger partial charge in [-0.2, -0.15) is 0 Å². The molecule has 1 aliphatic heterocycles. The van der Waals surface area contributed by atoms with Crippen molar-refractivity contribution in [3.63, 3.8) is 0 Å². The Balaban J connectivity index is 1.98. The lowest BCUT2D eigenvalue weighted by Gasteiger charge is -2.27. The first kappa shape index (κ1) is 13.3. The van der Waals surface area contributed by atoms with Gasteiger partial charge in [0.1, 0.15) is 5.15 Å². The molecule has 0 saturated carbocycles. The summed E-state index contributed by atoms with van der Waals surface area (Å²) >= 11 is 5.93. The maximum Gasteiger partial charge on any atom is 0.256 e. The molecule has 1 unspecified atom stereocenters. The number of nitrogens with one attached hydrogen (secondary N) is 1. The number of rotatable bonds is 3. The zero-order valence-electron chi connectivity index (χ0n) is 10.5. The van der Waals surface area contributed by atoms with Crippen LogP contribution in [-0.4, -0.2) is 42.5 Å². The number of aromatic nitrogens is 1. The molecule has 0 radical (unpaired) electrons. The molecule has 1 aliphatic rings. The van der Waals surface area contributed by atoms with Gasteiger partial charge in [-0.05, 0) is 44.0 Å². The Morgan fingerprint density at radius 2 is 2.50 bits per heavy atom. The Morgan fingerprint density at radius 3 is 3.17 bits per heavy atom. The van der Waals surface area contributed by atoms with Crippen LogP contribution in [0.15, 0.2) is 18.3 Å². The Bertz CT molecular complexity index is 418. The first-order valence-corrected chi connectivity index (χ1v) is 6.63. The highest BCUT2D eigenvalue weighted by Gasteiger charge is 2.20. The van der Waals surface area contributed by atoms with Crippen molar-refractivity contribution in [2.75, 3.05) is 26.7 Å². The van der Waals surface area contributed by atoms with Crippen LogP contribution in [0.2, 0.25) is 5.15 Å². The van der Waals surface area contributed by atoms with Gasteiger partial charge in [-0.15, -0.1) is 0 Å². The molecule has 1 fully saturated rings. The second kappa shape index (κ2) is 6.16. The topological polar surface area (TPSA) is 45.2 Å². The second-order valence-electron chi connectivity index (χ2n) is 4.74. The lowest BCUT2D eigenvalue weighted by Crippen LogP contribution is -2.39. The van der Waals surface area contributed by atoms with E-state index in [1.807, 2.05) is 7.05 Å². The van der Waals surface area contributed by atoms with E-state index < -0.39 is 0 Å². The SMILES string of the molecule is CN(CC1CCCNC1)C(=O)c1cccnc1Cl. The van der Waals surface area contributed by atoms with Crippen molar-refractivity contribution in [2.24, 2.45) is 5.92 Å². The van der Waals surface area contributed by atoms with E-state index in [9.17, 15) is 4.79 Å². The van der Waals surface area contributed by atoms with Gasteiger partial charge >= 0.3 is 0 Å². The standard InChI is InChI=1S/C13H18ClN3O/c1-17(9-10-4-2-6-15-8-10)13(18)11-5-3-7-16-12(11)14/h3,5,7,10,15H,2,4,6,8-9H2,1H3. The third kappa shape index (κ3) is 3.21. The number of carbonyl (C=O) groups is 1. The summed E-state index contributed by atoms with van der Waals surface area (Å²) in [4.78, 5) is 17.9. The van der Waals surface area contributed by atoms with E-state index in [1.54, 1.807) is 23.2 Å². The van der Waals surface area contributed by atoms with Crippen molar-refractivity contribution in [3.8, 4) is 0 Å². The minimum Gasteiger partial charge on any atom is -0.341 e. The fourth-order valence-electron chi connectivity index (χ4n) is 2.30. The number of piperidine rings is 1. The van der Waals surface area contributed by atoms with Gasteiger partial charge in [0, 0.05) is 19.8 Å². The molecule has 1 N–H and O–H groups in total. The zero-order valence-corrected chi connectivity index (χ0v) is 11.3. The van der Waals surface area contributed by atoms with Crippen molar-refractivity contribution in [1.82, 2.24) is 15.2 Å². The summed E-state index contributed by atoms with van der Waals surface area (Å²) < 4.78 is 0. The minimum atomic E-state index is -0.0568. The summed E-state index contributed by atoms with van der Waals surface area (Å²) in [6, 6.07) is 3.45. The van der Waals surface area contributed by atoms with Crippen LogP contribution in [0.3, 0.4) is 0 Å². The van der Waals surface area contributed by atoms with E-state index in [4.69, 9.17) is 11.6 Å². The van der Waals surface area contributed by atoms with E-state index in [0.29, 0.717) is 11.5 Å². The molecule has 4 nitrogen and oxygen atoms in total. The highest BCUT2D eigenvalue weighted by atomic mass is 35.5. The van der Waals surface area contributed by atoms with E-state index in [-0.39, 0.29) is 11.1 Å². The van der Waals surface area contributed by atoms with Gasteiger partial charge in [-0.25, -0.2) is 4.98 Å². The Morgan fingerprint density at radius 1 is 1.67 bits per heavy atom. The predicted octanol–water partition coefficient (Wildman–Crippen LogP) is 1.81. The highest BCUT2D eigenvalue weighted by molar-refractivity contribution is 6.32. The number of pyridine rings is 1. The molecule has 1 aromatic rings. The number of hydrogen-bond acceptors (Lipinski definition) is 3. The van der Waals surface area contributed by atoms with Crippen molar-refractivity contribution in [2.45, 2.75) is 12.8 Å². The summed E-state index contributed by atoms with van der Waals surface area (Å²) in [7, 11) is 1.82. The fraction of sp³-hybridized carbons (Fsp3) is 0.538. The molecular weight excluding hydrogens is 250 g/mol. The van der Waals surface area contributed by atoms with Crippen LogP contribution in [0, 0.1) is 5.92 Å². The van der Waals surface area contributed by atoms with Gasteiger partial charge in [0.05, 0.1) is 5.56 Å². The molecule has 0 bridgehead atoms. The number of carbonyl (C=O) groups excluding carboxylic acids is 1. The van der Waals surface area contributed by atoms with Crippen LogP contribution in [0.25, 0.3) is 0 Å². The second-order valence-corrected chi connectivity index (χ2v) is 5.10. The molecule has 1 saturated heterocycles. The zero-order chi connectivity index (χ0) is 13.0. The maximum atomic E-state index is 12.2. The fourth-order valence-corrected chi connectivity index (χ4v) is 2.50. The van der Waals surface area contributed by atoms with Crippen LogP contribution in [-0.2, 0) is 0 Å². The smallest absolute Gasteiger partial charge is 0.256 e. The van der Waals surface area contributed by atoms with Crippen molar-refractivity contribution in [3.05, 3.63) is 29.0 Å². The van der Waals surface area contributed by atoms with Gasteiger partial charge in [-0.3, -0.25) is 4.79 Å². The molecule has 2 heterocycles. The summed E-state index contributed by atoms with van der Waals surface area (Å²) in [6.45, 7) is 2.83. The quantitative estimate of drug-likeness (QED) is 0.850. The summed E-state index contributed by atoms with van der Waals surface area (Å²) in [5.41, 5.74) is 0.477. The highest BCUT2D eigenvalue weighted by Crippen LogP contribution is 2.16. The van der Waals surface area contributed by atoms with E-state index in [2.05, 4.69) is 10.3 Å². The average Bonchev–Trinajstić information content (AvgIpc) is 2.39. The van der Waals surface area contributed by atoms with Crippen LogP contribution < -0.4 is 5.32 Å². The molecule has 1 atom stereocenters. The van der Waals surface area contributed by atoms with E-state index in [0.717, 1.165) is 19.6 Å². The molecule has 2 rings (SSSR count). The van der Waals surface area contributed by atoms with Gasteiger partial charge in [0.2, 0.25) is 0 Å². The van der Waals surface area contributed by atoms with Gasteiger partial charge in [0.15, 0.2) is 0 Å². The predicted molar refractivity (Wildman–Crippen MR) is 71.8 cm³/mol. The van der Waals surface area contributed by atoms with Crippen LogP contribution >= 0.6 is 11.6 Å². The maximum absolute atomic E-state index is 12.2. The van der Waals surface area contributed by atoms with Gasteiger partial charge in [-0.1, -0.05) is 11.6 Å². The van der Waals surface area contributed by atoms with Crippen molar-refractivity contribution >= 4 is 17.5 Å². The third-order valence-electron chi connectivity index (χ3n) is 3.27. The molecular formula is C13H18ClN3O. The Labute approximate surface area is 112 Å². The first-order chi connectivity index (χ1) is 8.68. The number of halogens is 1. The Kier molecular flexibility index (Phi) is 4.55. The summed E-state index contributed by atoms with van der Waals surface area (Å²) in [5.74, 6) is 0.474. The molecule has 0 spiro atoms. The molecule has 5 heteroatoms. The summed E-state index contributed by atoms with van der Waals surface area (Å²) in [6.07, 6.45) is 3.94. The van der Waals surface area contributed by atoms with E-state index in [1.165, 1.54) is 12.8 Å². The van der Waals surface area contributed by atoms with Gasteiger partial charge in [0.25, 0.3) is 5.91 Å². The first-order valence-electron chi connectivity index (χ1n) is 6.25. The average molecular weight is 268 g/mol. The minimum absolute atomic E-state index is 0.0568. The number of nitrogens with zero attached hydrogens (tertiary/aromatic N) is 2. The lowest BCUT2D eigenvalue weighted by molar-refractivity contribution is 0.0764. The van der Waals surface area contributed by atoms with Crippen LogP contribution in [0.1, 0.15) is 23.2 Å². The molecule has 1 aromatic heterocycles. The largest absolute Gasteiger partial charge is 0.341 e. The number of hydrogen-bond donors (Lipinski definition) is 1. The number of amides is 1. The van der Waals surface area contributed by atoms with Crippen molar-refractivity contribution in [1.29, 1.82) is 0 Å². The van der Waals surface area contributed by atoms with Crippen LogP contribution in [0.4, 0.5) is 0 Å². The molecule has 0 aromatic carbocycles. The normalized spacial score (nSPS) is 19.6. The molecule has 1 amide bonds. The van der Waals surface area contributed by atoms with Crippen molar-refractivity contribution < 1.29 is 4.79 Å². The van der Waals surface area contributed by atoms with Gasteiger partial charge < -0.3 is 10.2 Å². The lowest BCUT2D eigenvalue weighted by atomic mass is 9.99. The monoisotopic (exact) mass is 267 g/mol. The van der Waals surface area contributed by atoms with Crippen LogP contribution in [0.5, 0.6) is 0 Å². The molecule has 18 heavy (non-hydrogen) atoms. The Hall–Kier alpha value is -1.13. The molecule has 0 aliphatic carbocycles. The third-order valence-corrected chi connectivity index (χ3v) is 3.57. The summed E-state index contributed by atoms with van der Waals surface area (Å²) in [5, 5.41) is 3.63. The van der Waals surface area contributed by atoms with E-state index >= 15 is 0 Å².